The largest absolute Gasteiger partial charge is 0.357 e. The molecule has 1 saturated heterocycles. The van der Waals surface area contributed by atoms with Gasteiger partial charge in [0.25, 0.3) is 0 Å². The SMILES string of the molecule is CCc1ccc(N2CC(C(=O)NCc3ccc(N(CC)CC)nc3)CC2=O)cc1. The summed E-state index contributed by atoms with van der Waals surface area (Å²) in [6, 6.07) is 12.0. The summed E-state index contributed by atoms with van der Waals surface area (Å²) in [5, 5.41) is 2.96. The van der Waals surface area contributed by atoms with Gasteiger partial charge < -0.3 is 15.1 Å². The highest BCUT2D eigenvalue weighted by atomic mass is 16.2. The predicted molar refractivity (Wildman–Crippen MR) is 116 cm³/mol. The first-order chi connectivity index (χ1) is 14.0. The highest BCUT2D eigenvalue weighted by Gasteiger charge is 2.34. The number of aromatic nitrogens is 1. The number of aryl methyl sites for hydroxylation is 1. The molecule has 0 radical (unpaired) electrons. The van der Waals surface area contributed by atoms with Crippen molar-refractivity contribution < 1.29 is 9.59 Å². The third-order valence-electron chi connectivity index (χ3n) is 5.52. The second kappa shape index (κ2) is 9.54. The predicted octanol–water partition coefficient (Wildman–Crippen LogP) is 3.16. The van der Waals surface area contributed by atoms with Crippen LogP contribution in [0.5, 0.6) is 0 Å². The van der Waals surface area contributed by atoms with Crippen molar-refractivity contribution in [2.75, 3.05) is 29.4 Å². The number of pyridine rings is 1. The van der Waals surface area contributed by atoms with Crippen molar-refractivity contribution in [3.05, 3.63) is 53.7 Å². The molecule has 3 rings (SSSR count). The van der Waals surface area contributed by atoms with E-state index in [1.54, 1.807) is 11.1 Å². The molecule has 6 heteroatoms. The third-order valence-corrected chi connectivity index (χ3v) is 5.52. The molecular weight excluding hydrogens is 364 g/mol. The van der Waals surface area contributed by atoms with Crippen molar-refractivity contribution in [3.8, 4) is 0 Å². The molecule has 154 valence electrons. The Morgan fingerprint density at radius 1 is 1.10 bits per heavy atom. The molecular formula is C23H30N4O2. The zero-order valence-corrected chi connectivity index (χ0v) is 17.5. The molecule has 1 atom stereocenters. The van der Waals surface area contributed by atoms with Gasteiger partial charge in [-0.1, -0.05) is 25.1 Å². The van der Waals surface area contributed by atoms with Crippen molar-refractivity contribution in [2.45, 2.75) is 40.2 Å². The van der Waals surface area contributed by atoms with E-state index in [-0.39, 0.29) is 24.2 Å². The minimum absolute atomic E-state index is 0.000333. The van der Waals surface area contributed by atoms with Crippen molar-refractivity contribution in [1.29, 1.82) is 0 Å². The smallest absolute Gasteiger partial charge is 0.227 e. The van der Waals surface area contributed by atoms with Crippen molar-refractivity contribution >= 4 is 23.3 Å². The highest BCUT2D eigenvalue weighted by Crippen LogP contribution is 2.25. The Morgan fingerprint density at radius 3 is 2.38 bits per heavy atom. The van der Waals surface area contributed by atoms with E-state index in [0.717, 1.165) is 36.6 Å². The molecule has 0 aliphatic carbocycles. The molecule has 0 spiro atoms. The van der Waals surface area contributed by atoms with Crippen LogP contribution in [0.1, 0.15) is 38.3 Å². The van der Waals surface area contributed by atoms with E-state index >= 15 is 0 Å². The average molecular weight is 395 g/mol. The van der Waals surface area contributed by atoms with Crippen LogP contribution in [0.2, 0.25) is 0 Å². The van der Waals surface area contributed by atoms with Gasteiger partial charge in [-0.3, -0.25) is 9.59 Å². The molecule has 1 fully saturated rings. The first kappa shape index (κ1) is 20.8. The monoisotopic (exact) mass is 394 g/mol. The molecule has 1 aliphatic rings. The minimum atomic E-state index is -0.323. The normalized spacial score (nSPS) is 16.2. The number of anilines is 2. The van der Waals surface area contributed by atoms with Crippen LogP contribution in [0.3, 0.4) is 0 Å². The Morgan fingerprint density at radius 2 is 1.79 bits per heavy atom. The quantitative estimate of drug-likeness (QED) is 0.747. The molecule has 29 heavy (non-hydrogen) atoms. The minimum Gasteiger partial charge on any atom is -0.357 e. The highest BCUT2D eigenvalue weighted by molar-refractivity contribution is 6.00. The summed E-state index contributed by atoms with van der Waals surface area (Å²) in [6.45, 7) is 8.96. The Hall–Kier alpha value is -2.89. The summed E-state index contributed by atoms with van der Waals surface area (Å²) in [5.74, 6) is 0.533. The van der Waals surface area contributed by atoms with Crippen molar-refractivity contribution in [3.63, 3.8) is 0 Å². The van der Waals surface area contributed by atoms with Gasteiger partial charge in [-0.2, -0.15) is 0 Å². The molecule has 0 bridgehead atoms. The first-order valence-corrected chi connectivity index (χ1v) is 10.4. The Labute approximate surface area is 172 Å². The molecule has 2 heterocycles. The van der Waals surface area contributed by atoms with Gasteiger partial charge in [0.2, 0.25) is 11.8 Å². The Kier molecular flexibility index (Phi) is 6.86. The summed E-state index contributed by atoms with van der Waals surface area (Å²) < 4.78 is 0. The lowest BCUT2D eigenvalue weighted by atomic mass is 10.1. The molecule has 1 aliphatic heterocycles. The molecule has 2 aromatic rings. The van der Waals surface area contributed by atoms with Crippen LogP contribution in [0.25, 0.3) is 0 Å². The summed E-state index contributed by atoms with van der Waals surface area (Å²) in [5.41, 5.74) is 3.04. The summed E-state index contributed by atoms with van der Waals surface area (Å²) in [7, 11) is 0. The average Bonchev–Trinajstić information content (AvgIpc) is 3.15. The van der Waals surface area contributed by atoms with Crippen LogP contribution in [-0.2, 0) is 22.6 Å². The molecule has 1 aromatic heterocycles. The van der Waals surface area contributed by atoms with E-state index in [0.29, 0.717) is 13.1 Å². The standard InChI is InChI=1S/C23H30N4O2/c1-4-17-7-10-20(11-8-17)27-16-19(13-22(27)28)23(29)25-15-18-9-12-21(24-14-18)26(5-2)6-3/h7-12,14,19H,4-6,13,15-16H2,1-3H3,(H,25,29). The summed E-state index contributed by atoms with van der Waals surface area (Å²) in [6.07, 6.45) is 3.01. The van der Waals surface area contributed by atoms with Crippen LogP contribution >= 0.6 is 0 Å². The van der Waals surface area contributed by atoms with Crippen LogP contribution in [0.4, 0.5) is 11.5 Å². The van der Waals surface area contributed by atoms with E-state index < -0.39 is 0 Å². The lowest BCUT2D eigenvalue weighted by Crippen LogP contribution is -2.32. The van der Waals surface area contributed by atoms with E-state index in [4.69, 9.17) is 0 Å². The fraction of sp³-hybridized carbons (Fsp3) is 0.435. The van der Waals surface area contributed by atoms with Gasteiger partial charge in [0.05, 0.1) is 5.92 Å². The zero-order valence-electron chi connectivity index (χ0n) is 17.5. The Balaban J connectivity index is 1.55. The lowest BCUT2D eigenvalue weighted by molar-refractivity contribution is -0.126. The summed E-state index contributed by atoms with van der Waals surface area (Å²) in [4.78, 5) is 33.4. The molecule has 0 saturated carbocycles. The number of rotatable bonds is 8. The maximum absolute atomic E-state index is 12.6. The number of amides is 2. The van der Waals surface area contributed by atoms with Gasteiger partial charge in [-0.15, -0.1) is 0 Å². The molecule has 6 nitrogen and oxygen atoms in total. The molecule has 2 amide bonds. The van der Waals surface area contributed by atoms with E-state index in [1.165, 1.54) is 5.56 Å². The van der Waals surface area contributed by atoms with Crippen molar-refractivity contribution in [1.82, 2.24) is 10.3 Å². The maximum Gasteiger partial charge on any atom is 0.227 e. The number of nitrogens with zero attached hydrogens (tertiary/aromatic N) is 3. The number of hydrogen-bond donors (Lipinski definition) is 1. The van der Waals surface area contributed by atoms with Crippen LogP contribution < -0.4 is 15.1 Å². The molecule has 1 aromatic carbocycles. The third kappa shape index (κ3) is 4.94. The number of carbonyl (C=O) groups is 2. The van der Waals surface area contributed by atoms with Gasteiger partial charge in [0.1, 0.15) is 5.82 Å². The van der Waals surface area contributed by atoms with Gasteiger partial charge >= 0.3 is 0 Å². The van der Waals surface area contributed by atoms with Crippen molar-refractivity contribution in [2.24, 2.45) is 5.92 Å². The second-order valence-electron chi connectivity index (χ2n) is 7.34. The lowest BCUT2D eigenvalue weighted by Gasteiger charge is -2.19. The van der Waals surface area contributed by atoms with Crippen LogP contribution in [-0.4, -0.2) is 36.4 Å². The number of benzene rings is 1. The van der Waals surface area contributed by atoms with E-state index in [1.807, 2.05) is 36.4 Å². The zero-order chi connectivity index (χ0) is 20.8. The van der Waals surface area contributed by atoms with Gasteiger partial charge in [-0.25, -0.2) is 4.98 Å². The van der Waals surface area contributed by atoms with Crippen LogP contribution in [0, 0.1) is 5.92 Å². The first-order valence-electron chi connectivity index (χ1n) is 10.4. The van der Waals surface area contributed by atoms with Gasteiger partial charge in [0.15, 0.2) is 0 Å². The number of carbonyl (C=O) groups excluding carboxylic acids is 2. The topological polar surface area (TPSA) is 65.5 Å². The van der Waals surface area contributed by atoms with Crippen LogP contribution in [0.15, 0.2) is 42.6 Å². The summed E-state index contributed by atoms with van der Waals surface area (Å²) >= 11 is 0. The van der Waals surface area contributed by atoms with Gasteiger partial charge in [-0.05, 0) is 49.6 Å². The number of nitrogens with one attached hydrogen (secondary N) is 1. The van der Waals surface area contributed by atoms with E-state index in [2.05, 4.69) is 36.0 Å². The number of hydrogen-bond acceptors (Lipinski definition) is 4. The fourth-order valence-electron chi connectivity index (χ4n) is 3.63. The second-order valence-corrected chi connectivity index (χ2v) is 7.34. The Bertz CT molecular complexity index is 829. The molecule has 1 N–H and O–H groups in total. The molecule has 1 unspecified atom stereocenters. The maximum atomic E-state index is 12.6. The fourth-order valence-corrected chi connectivity index (χ4v) is 3.63. The van der Waals surface area contributed by atoms with E-state index in [9.17, 15) is 9.59 Å². The van der Waals surface area contributed by atoms with Gasteiger partial charge in [0, 0.05) is 44.5 Å².